The van der Waals surface area contributed by atoms with Crippen LogP contribution in [0.4, 0.5) is 8.78 Å². The highest BCUT2D eigenvalue weighted by Gasteiger charge is 2.17. The molecule has 0 atom stereocenters. The third-order valence-corrected chi connectivity index (χ3v) is 2.49. The summed E-state index contributed by atoms with van der Waals surface area (Å²) in [5.74, 6) is -3.77. The summed E-state index contributed by atoms with van der Waals surface area (Å²) in [4.78, 5) is 11.0. The van der Waals surface area contributed by atoms with Crippen molar-refractivity contribution < 1.29 is 23.8 Å². The number of aromatic hydroxyl groups is 1. The average molecular weight is 250 g/mol. The Labute approximate surface area is 101 Å². The van der Waals surface area contributed by atoms with E-state index in [-0.39, 0.29) is 11.1 Å². The second-order valence-corrected chi connectivity index (χ2v) is 3.63. The van der Waals surface area contributed by atoms with Crippen molar-refractivity contribution in [1.82, 2.24) is 0 Å². The monoisotopic (exact) mass is 250 g/mol. The normalized spacial score (nSPS) is 10.3. The van der Waals surface area contributed by atoms with Gasteiger partial charge in [0, 0.05) is 0 Å². The maximum Gasteiger partial charge on any atom is 0.339 e. The molecule has 0 heterocycles. The molecule has 0 aromatic heterocycles. The van der Waals surface area contributed by atoms with Gasteiger partial charge < -0.3 is 10.2 Å². The van der Waals surface area contributed by atoms with Gasteiger partial charge in [0.1, 0.15) is 11.4 Å². The second kappa shape index (κ2) is 4.44. The highest BCUT2D eigenvalue weighted by Crippen LogP contribution is 2.28. The summed E-state index contributed by atoms with van der Waals surface area (Å²) in [5, 5.41) is 18.0. The molecule has 92 valence electrons. The first-order valence-corrected chi connectivity index (χ1v) is 5.01. The number of halogens is 2. The van der Waals surface area contributed by atoms with E-state index in [4.69, 9.17) is 10.2 Å². The molecule has 2 rings (SSSR count). The van der Waals surface area contributed by atoms with Gasteiger partial charge in [-0.15, -0.1) is 0 Å². The van der Waals surface area contributed by atoms with Crippen molar-refractivity contribution in [2.24, 2.45) is 0 Å². The Kier molecular flexibility index (Phi) is 2.97. The topological polar surface area (TPSA) is 57.5 Å². The van der Waals surface area contributed by atoms with Gasteiger partial charge in [0.25, 0.3) is 0 Å². The third-order valence-electron chi connectivity index (χ3n) is 2.49. The molecule has 0 bridgehead atoms. The number of carboxylic acids is 1. The molecule has 0 saturated carbocycles. The second-order valence-electron chi connectivity index (χ2n) is 3.63. The highest BCUT2D eigenvalue weighted by molar-refractivity contribution is 5.96. The van der Waals surface area contributed by atoms with Crippen LogP contribution in [-0.2, 0) is 0 Å². The lowest BCUT2D eigenvalue weighted by Gasteiger charge is -2.07. The molecule has 0 saturated heterocycles. The van der Waals surface area contributed by atoms with Crippen molar-refractivity contribution in [1.29, 1.82) is 0 Å². The van der Waals surface area contributed by atoms with Crippen molar-refractivity contribution in [3.63, 3.8) is 0 Å². The minimum Gasteiger partial charge on any atom is -0.505 e. The molecule has 0 unspecified atom stereocenters. The predicted molar refractivity (Wildman–Crippen MR) is 60.4 cm³/mol. The minimum atomic E-state index is -1.43. The van der Waals surface area contributed by atoms with Gasteiger partial charge in [0.05, 0.1) is 0 Å². The summed E-state index contributed by atoms with van der Waals surface area (Å²) in [5.41, 5.74) is -0.286. The lowest BCUT2D eigenvalue weighted by molar-refractivity contribution is 0.0693. The SMILES string of the molecule is O=C(O)c1c(F)cccc1-c1ccc(O)c(F)c1. The smallest absolute Gasteiger partial charge is 0.339 e. The molecule has 0 aliphatic carbocycles. The number of carboxylic acid groups (broad SMARTS) is 1. The molecule has 0 fully saturated rings. The fourth-order valence-corrected chi connectivity index (χ4v) is 1.66. The first-order chi connectivity index (χ1) is 8.50. The zero-order valence-electron chi connectivity index (χ0n) is 9.02. The van der Waals surface area contributed by atoms with Crippen LogP contribution in [0.15, 0.2) is 36.4 Å². The Bertz CT molecular complexity index is 624. The van der Waals surface area contributed by atoms with Crippen LogP contribution in [0.3, 0.4) is 0 Å². The molecule has 18 heavy (non-hydrogen) atoms. The fraction of sp³-hybridized carbons (Fsp3) is 0. The molecule has 0 radical (unpaired) electrons. The average Bonchev–Trinajstić information content (AvgIpc) is 2.32. The quantitative estimate of drug-likeness (QED) is 0.861. The standard InChI is InChI=1S/C13H8F2O3/c14-9-3-1-2-8(12(9)13(17)18)7-4-5-11(16)10(15)6-7/h1-6,16H,(H,17,18). The number of aromatic carboxylic acids is 1. The molecule has 2 aromatic rings. The van der Waals surface area contributed by atoms with Gasteiger partial charge in [-0.05, 0) is 29.3 Å². The van der Waals surface area contributed by atoms with Crippen LogP contribution in [0.1, 0.15) is 10.4 Å². The fourth-order valence-electron chi connectivity index (χ4n) is 1.66. The zero-order valence-corrected chi connectivity index (χ0v) is 9.02. The summed E-state index contributed by atoms with van der Waals surface area (Å²) in [6.07, 6.45) is 0. The van der Waals surface area contributed by atoms with Crippen LogP contribution in [0.2, 0.25) is 0 Å². The number of phenolic OH excluding ortho intramolecular Hbond substituents is 1. The van der Waals surface area contributed by atoms with Gasteiger partial charge in [-0.25, -0.2) is 13.6 Å². The zero-order chi connectivity index (χ0) is 13.3. The summed E-state index contributed by atoms with van der Waals surface area (Å²) < 4.78 is 26.6. The van der Waals surface area contributed by atoms with E-state index in [9.17, 15) is 13.6 Å². The number of hydrogen-bond donors (Lipinski definition) is 2. The number of benzene rings is 2. The summed E-state index contributed by atoms with van der Waals surface area (Å²) in [6, 6.07) is 7.08. The van der Waals surface area contributed by atoms with Crippen molar-refractivity contribution in [3.05, 3.63) is 53.6 Å². The largest absolute Gasteiger partial charge is 0.505 e. The van der Waals surface area contributed by atoms with Crippen molar-refractivity contribution >= 4 is 5.97 Å². The number of carbonyl (C=O) groups is 1. The van der Waals surface area contributed by atoms with E-state index in [2.05, 4.69) is 0 Å². The van der Waals surface area contributed by atoms with Gasteiger partial charge in [-0.3, -0.25) is 0 Å². The van der Waals surface area contributed by atoms with Crippen LogP contribution < -0.4 is 0 Å². The molecule has 3 nitrogen and oxygen atoms in total. The van der Waals surface area contributed by atoms with E-state index in [0.29, 0.717) is 0 Å². The summed E-state index contributed by atoms with van der Waals surface area (Å²) in [7, 11) is 0. The van der Waals surface area contributed by atoms with Crippen LogP contribution >= 0.6 is 0 Å². The molecule has 0 aliphatic heterocycles. The van der Waals surface area contributed by atoms with E-state index < -0.39 is 28.9 Å². The van der Waals surface area contributed by atoms with Crippen LogP contribution in [0.5, 0.6) is 5.75 Å². The predicted octanol–water partition coefficient (Wildman–Crippen LogP) is 3.04. The van der Waals surface area contributed by atoms with Crippen LogP contribution in [0, 0.1) is 11.6 Å². The lowest BCUT2D eigenvalue weighted by Crippen LogP contribution is -2.03. The lowest BCUT2D eigenvalue weighted by atomic mass is 9.99. The Hall–Kier alpha value is -2.43. The van der Waals surface area contributed by atoms with Crippen LogP contribution in [0.25, 0.3) is 11.1 Å². The number of phenols is 1. The molecule has 2 N–H and O–H groups in total. The molecule has 0 amide bonds. The maximum absolute atomic E-state index is 13.4. The number of hydrogen-bond acceptors (Lipinski definition) is 2. The Morgan fingerprint density at radius 1 is 1.06 bits per heavy atom. The van der Waals surface area contributed by atoms with Gasteiger partial charge in [-0.2, -0.15) is 0 Å². The summed E-state index contributed by atoms with van der Waals surface area (Å²) >= 11 is 0. The van der Waals surface area contributed by atoms with Crippen molar-refractivity contribution in [3.8, 4) is 16.9 Å². The van der Waals surface area contributed by atoms with Gasteiger partial charge in [0.15, 0.2) is 11.6 Å². The molecule has 2 aromatic carbocycles. The van der Waals surface area contributed by atoms with Gasteiger partial charge in [-0.1, -0.05) is 18.2 Å². The summed E-state index contributed by atoms with van der Waals surface area (Å²) in [6.45, 7) is 0. The minimum absolute atomic E-state index is 0.0569. The van der Waals surface area contributed by atoms with Crippen molar-refractivity contribution in [2.45, 2.75) is 0 Å². The van der Waals surface area contributed by atoms with E-state index in [1.165, 1.54) is 18.2 Å². The molecule has 0 spiro atoms. The first kappa shape index (κ1) is 12.0. The molecular weight excluding hydrogens is 242 g/mol. The Morgan fingerprint density at radius 2 is 1.78 bits per heavy atom. The van der Waals surface area contributed by atoms with Crippen molar-refractivity contribution in [2.75, 3.05) is 0 Å². The number of rotatable bonds is 2. The van der Waals surface area contributed by atoms with Gasteiger partial charge in [0.2, 0.25) is 0 Å². The van der Waals surface area contributed by atoms with E-state index in [0.717, 1.165) is 18.2 Å². The Balaban J connectivity index is 2.67. The molecule has 0 aliphatic rings. The molecule has 5 heteroatoms. The molecular formula is C13H8F2O3. The highest BCUT2D eigenvalue weighted by atomic mass is 19.1. The maximum atomic E-state index is 13.4. The van der Waals surface area contributed by atoms with E-state index in [1.54, 1.807) is 0 Å². The van der Waals surface area contributed by atoms with Gasteiger partial charge >= 0.3 is 5.97 Å². The third kappa shape index (κ3) is 2.02. The van der Waals surface area contributed by atoms with E-state index in [1.807, 2.05) is 0 Å². The Morgan fingerprint density at radius 3 is 2.39 bits per heavy atom. The van der Waals surface area contributed by atoms with E-state index >= 15 is 0 Å². The first-order valence-electron chi connectivity index (χ1n) is 5.01. The van der Waals surface area contributed by atoms with Crippen LogP contribution in [-0.4, -0.2) is 16.2 Å².